The number of benzene rings is 5. The summed E-state index contributed by atoms with van der Waals surface area (Å²) in [6.45, 7) is 14.0. The summed E-state index contributed by atoms with van der Waals surface area (Å²) in [6, 6.07) is 51.2. The van der Waals surface area contributed by atoms with Gasteiger partial charge in [0.25, 0.3) is 0 Å². The molecular weight excluding hydrogens is 947 g/mol. The van der Waals surface area contributed by atoms with Crippen LogP contribution in [0.5, 0.6) is 0 Å². The van der Waals surface area contributed by atoms with Crippen molar-refractivity contribution in [3.63, 3.8) is 0 Å². The summed E-state index contributed by atoms with van der Waals surface area (Å²) in [4.78, 5) is 9.35. The summed E-state index contributed by atoms with van der Waals surface area (Å²) < 4.78 is 28.7. The number of nitriles is 1. The molecule has 0 spiro atoms. The van der Waals surface area contributed by atoms with E-state index in [2.05, 4.69) is 197 Å². The van der Waals surface area contributed by atoms with Gasteiger partial charge in [0.15, 0.2) is 0 Å². The van der Waals surface area contributed by atoms with Crippen LogP contribution in [0.2, 0.25) is 0 Å². The molecule has 0 aliphatic carbocycles. The van der Waals surface area contributed by atoms with Crippen LogP contribution >= 0.6 is 32.7 Å². The first-order valence-electron chi connectivity index (χ1n) is 18.2. The number of halogens is 2. The van der Waals surface area contributed by atoms with Gasteiger partial charge in [-0.15, -0.1) is 30.1 Å². The van der Waals surface area contributed by atoms with Gasteiger partial charge < -0.3 is 9.47 Å². The number of hydrogen-bond donors (Lipinski definition) is 0. The Morgan fingerprint density at radius 1 is 0.614 bits per heavy atom. The van der Waals surface area contributed by atoms with E-state index < -0.39 is 26.2 Å². The fourth-order valence-electron chi connectivity index (χ4n) is 6.14. The Kier molecular flexibility index (Phi) is 18.3. The average molecular weight is 996 g/mol. The maximum atomic E-state index is 9.80. The van der Waals surface area contributed by atoms with E-state index in [4.69, 9.17) is 16.8 Å². The number of hydrogen-bond acceptors (Lipinski definition) is 7. The van der Waals surface area contributed by atoms with Gasteiger partial charge in [-0.2, -0.15) is 9.98 Å². The normalized spacial score (nSPS) is 15.6. The van der Waals surface area contributed by atoms with Crippen molar-refractivity contribution < 1.29 is 35.1 Å². The second-order valence-electron chi connectivity index (χ2n) is 15.2. The third-order valence-electron chi connectivity index (χ3n) is 9.21. The van der Waals surface area contributed by atoms with E-state index in [1.165, 1.54) is 27.0 Å². The van der Waals surface area contributed by atoms with Gasteiger partial charge in [0, 0.05) is 0 Å². The maximum absolute atomic E-state index is 9.80. The molecule has 5 aromatic rings. The van der Waals surface area contributed by atoms with Crippen molar-refractivity contribution in [2.45, 2.75) is 64.5 Å². The SMILES string of the molecule is CC(C)(C)c1ccc(C2COC([C+](C#N)C3=NC(c4ccc(C(C)(C)C)cc4)CO3)=N2)cc1.Cl.Cl.[O]=[Re][O-].c1ccc(P(c2ccccc2)c2ccccc2)cc1. The quantitative estimate of drug-likeness (QED) is 0.120. The van der Waals surface area contributed by atoms with Crippen LogP contribution in [0.15, 0.2) is 150 Å². The Hall–Kier alpha value is -4.17. The van der Waals surface area contributed by atoms with Crippen molar-refractivity contribution in [3.8, 4) is 6.07 Å². The fourth-order valence-corrected chi connectivity index (χ4v) is 8.44. The topological polar surface area (TPSA) is 107 Å². The van der Waals surface area contributed by atoms with E-state index in [-0.39, 0.29) is 53.6 Å². The molecule has 2 aliphatic heterocycles. The second kappa shape index (κ2) is 22.1. The molecule has 0 N–H and O–H groups in total. The maximum Gasteiger partial charge on any atom is -0.0134 e. The van der Waals surface area contributed by atoms with Crippen molar-refractivity contribution in [2.75, 3.05) is 13.2 Å². The molecule has 57 heavy (non-hydrogen) atoms. The van der Waals surface area contributed by atoms with Gasteiger partial charge in [-0.3, -0.25) is 0 Å². The summed E-state index contributed by atoms with van der Waals surface area (Å²) in [7, 11) is -0.446. The van der Waals surface area contributed by atoms with Gasteiger partial charge in [-0.05, 0) is 56.9 Å². The molecule has 5 aromatic carbocycles. The summed E-state index contributed by atoms with van der Waals surface area (Å²) in [5.41, 5.74) is 4.89. The van der Waals surface area contributed by atoms with Crippen molar-refractivity contribution >= 4 is 60.4 Å². The van der Waals surface area contributed by atoms with Crippen LogP contribution in [-0.2, 0) is 42.1 Å². The van der Waals surface area contributed by atoms with Crippen LogP contribution in [0.3, 0.4) is 0 Å². The first-order valence-corrected chi connectivity index (χ1v) is 21.7. The van der Waals surface area contributed by atoms with Gasteiger partial charge in [0.2, 0.25) is 0 Å². The zero-order valence-electron chi connectivity index (χ0n) is 33.0. The number of ether oxygens (including phenoxy) is 2. The predicted molar refractivity (Wildman–Crippen MR) is 232 cm³/mol. The molecule has 0 saturated carbocycles. The summed E-state index contributed by atoms with van der Waals surface area (Å²) >= 11 is -2.17. The largest absolute Gasteiger partial charge is 0.0622 e. The summed E-state index contributed by atoms with van der Waals surface area (Å²) in [5.74, 6) is 0.882. The van der Waals surface area contributed by atoms with Gasteiger partial charge in [-0.25, -0.2) is 0 Å². The second-order valence-corrected chi connectivity index (χ2v) is 17.8. The van der Waals surface area contributed by atoms with Crippen LogP contribution in [-0.4, -0.2) is 25.0 Å². The zero-order valence-corrected chi connectivity index (χ0v) is 38.2. The van der Waals surface area contributed by atoms with Crippen molar-refractivity contribution in [3.05, 3.63) is 168 Å². The van der Waals surface area contributed by atoms with E-state index in [1.807, 2.05) is 0 Å². The molecule has 0 aromatic heterocycles. The third kappa shape index (κ3) is 12.9. The van der Waals surface area contributed by atoms with Gasteiger partial charge in [0.05, 0.1) is 0 Å². The van der Waals surface area contributed by atoms with E-state index in [9.17, 15) is 5.26 Å². The number of aliphatic imine (C=N–C) groups is 2. The molecule has 0 radical (unpaired) electrons. The van der Waals surface area contributed by atoms with Crippen LogP contribution in [0, 0.1) is 17.2 Å². The van der Waals surface area contributed by atoms with Crippen LogP contribution in [0.25, 0.3) is 0 Å². The fraction of sp³-hybridized carbons (Fsp3) is 0.261. The molecule has 2 heterocycles. The van der Waals surface area contributed by atoms with Crippen LogP contribution in [0.1, 0.15) is 75.9 Å². The van der Waals surface area contributed by atoms with E-state index >= 15 is 0 Å². The molecule has 0 bridgehead atoms. The first kappa shape index (κ1) is 47.2. The minimum Gasteiger partial charge on any atom is -0.0622 e. The van der Waals surface area contributed by atoms with E-state index in [0.29, 0.717) is 25.0 Å². The number of nitrogens with zero attached hydrogens (tertiary/aromatic N) is 3. The van der Waals surface area contributed by atoms with Crippen molar-refractivity contribution in [2.24, 2.45) is 9.98 Å². The molecule has 2 atom stereocenters. The third-order valence-corrected chi connectivity index (χ3v) is 11.7. The van der Waals surface area contributed by atoms with Crippen molar-refractivity contribution in [1.82, 2.24) is 0 Å². The Labute approximate surface area is 360 Å². The molecule has 7 rings (SSSR count). The molecule has 11 heteroatoms. The molecule has 298 valence electrons. The van der Waals surface area contributed by atoms with Gasteiger partial charge in [0.1, 0.15) is 25.3 Å². The molecule has 2 unspecified atom stereocenters. The Morgan fingerprint density at radius 3 is 1.18 bits per heavy atom. The first-order chi connectivity index (χ1) is 26.4. The summed E-state index contributed by atoms with van der Waals surface area (Å²) in [5, 5.41) is 14.0. The minimum atomic E-state index is -2.17. The molecule has 7 nitrogen and oxygen atoms in total. The monoisotopic (exact) mass is 995 g/mol. The van der Waals surface area contributed by atoms with Crippen LogP contribution < -0.4 is 19.7 Å². The molecule has 2 aliphatic rings. The van der Waals surface area contributed by atoms with E-state index in [1.54, 1.807) is 0 Å². The number of rotatable bonds is 7. The Morgan fingerprint density at radius 2 is 0.912 bits per heavy atom. The summed E-state index contributed by atoms with van der Waals surface area (Å²) in [6.07, 6.45) is 0. The molecule has 0 saturated heterocycles. The van der Waals surface area contributed by atoms with E-state index in [0.717, 1.165) is 11.1 Å². The predicted octanol–water partition coefficient (Wildman–Crippen LogP) is 9.00. The zero-order chi connectivity index (χ0) is 39.4. The molecule has 0 fully saturated rings. The van der Waals surface area contributed by atoms with Crippen LogP contribution in [0.4, 0.5) is 0 Å². The average Bonchev–Trinajstić information content (AvgIpc) is 3.88. The smallest absolute Gasteiger partial charge is 0.0134 e. The Bertz CT molecular complexity index is 1910. The van der Waals surface area contributed by atoms with Gasteiger partial charge in [-0.1, -0.05) is 181 Å². The van der Waals surface area contributed by atoms with Crippen molar-refractivity contribution in [1.29, 1.82) is 5.26 Å². The molecular formula is C46H49Cl2N3O4PRe. The van der Waals surface area contributed by atoms with Gasteiger partial charge >= 0.3 is 49.4 Å². The standard InChI is InChI=1S/C28H32N3O2.C18H15P.2ClH.2O.Re/c1-27(2,3)20-11-7-18(8-12-20)23-16-32-25(30-23)22(15-29)26-31-24(17-33-26)19-9-13-21(14-10-19)28(4,5)6;1-4-10-16(11-5-1)19(17-12-6-2-7-13-17)18-14-8-3-9-15-18;;;;;/h7-14,23-24H,16-17H2,1-6H3;1-15H;2*1H;;;/q+1;;;;;-1;. The minimum absolute atomic E-state index is 0. The molecule has 0 amide bonds. The Balaban J connectivity index is 0.000000308.